The molecule has 0 fully saturated rings. The maximum Gasteiger partial charge on any atom is 0.147 e. The maximum atomic E-state index is 4.28. The third kappa shape index (κ3) is 26.6. The molecule has 9 heterocycles. The van der Waals surface area contributed by atoms with Gasteiger partial charge in [0.25, 0.3) is 0 Å². The van der Waals surface area contributed by atoms with Crippen molar-refractivity contribution in [3.8, 4) is 0 Å². The van der Waals surface area contributed by atoms with Crippen LogP contribution in [0.15, 0.2) is 67.3 Å². The number of hydrogen-bond acceptors (Lipinski definition) is 19. The zero-order valence-corrected chi connectivity index (χ0v) is 45.8. The average Bonchev–Trinajstić information content (AvgIpc) is 3.26. The van der Waals surface area contributed by atoms with Crippen LogP contribution in [0, 0.1) is 138 Å². The second-order valence-corrected chi connectivity index (χ2v) is 16.6. The molecule has 0 unspecified atom stereocenters. The number of rotatable bonds is 0. The molecule has 0 aliphatic rings. The van der Waals surface area contributed by atoms with Crippen LogP contribution in [0.25, 0.3) is 11.0 Å². The Morgan fingerprint density at radius 1 is 0.250 bits per heavy atom. The lowest BCUT2D eigenvalue weighted by Crippen LogP contribution is -1.97. The summed E-state index contributed by atoms with van der Waals surface area (Å²) in [4.78, 5) is 61.5. The van der Waals surface area contributed by atoms with E-state index in [1.54, 1.807) is 24.8 Å². The van der Waals surface area contributed by atoms with E-state index in [0.717, 1.165) is 126 Å². The van der Waals surface area contributed by atoms with Crippen LogP contribution >= 0.6 is 0 Å². The number of pyridine rings is 1. The largest absolute Gasteiger partial charge is 0.261 e. The predicted octanol–water partition coefficient (Wildman–Crippen LogP) is 9.32. The minimum absolute atomic E-state index is 0.718. The minimum atomic E-state index is 0.718. The SMILES string of the molecule is Cc1cc(C)nc(C)n1.Cc1cc(C)nc(C)n1.Cc1ccc(C)nn1.Cc1cccc(C)n1.Cc1cnc(C)nn1.Cc1cncc(C)n1.Cc1nc(C)c2nc(C)ncc2n1.Cc1nc(C)nc(C)n1. The Bertz CT molecular complexity index is 2600. The number of fused-ring (bicyclic) bond motifs is 1. The van der Waals surface area contributed by atoms with Gasteiger partial charge >= 0.3 is 0 Å². The first kappa shape index (κ1) is 60.0. The lowest BCUT2D eigenvalue weighted by molar-refractivity contribution is 0.874. The lowest BCUT2D eigenvalue weighted by atomic mass is 10.3. The lowest BCUT2D eigenvalue weighted by Gasteiger charge is -2.01. The molecular weight excluding hydrogens is 903 g/mol. The highest BCUT2D eigenvalue weighted by molar-refractivity contribution is 5.75. The minimum Gasteiger partial charge on any atom is -0.261 e. The Hall–Kier alpha value is -8.09. The van der Waals surface area contributed by atoms with Crippen molar-refractivity contribution in [1.29, 1.82) is 0 Å². The molecule has 0 amide bonds. The molecule has 0 radical (unpaired) electrons. The second-order valence-electron chi connectivity index (χ2n) is 16.6. The summed E-state index contributed by atoms with van der Waals surface area (Å²) in [6.07, 6.45) is 6.92. The van der Waals surface area contributed by atoms with E-state index in [9.17, 15) is 0 Å². The van der Waals surface area contributed by atoms with Crippen LogP contribution in [-0.2, 0) is 0 Å². The zero-order chi connectivity index (χ0) is 53.9. The molecule has 378 valence electrons. The molecule has 0 saturated heterocycles. The summed E-state index contributed by atoms with van der Waals surface area (Å²) in [6, 6.07) is 13.8. The quantitative estimate of drug-likeness (QED) is 0.137. The second kappa shape index (κ2) is 31.2. The molecule has 9 aromatic heterocycles. The highest BCUT2D eigenvalue weighted by atomic mass is 15.1. The predicted molar refractivity (Wildman–Crippen MR) is 282 cm³/mol. The van der Waals surface area contributed by atoms with E-state index in [2.05, 4.69) is 95.2 Å². The summed E-state index contributed by atoms with van der Waals surface area (Å²) in [5.41, 5.74) is 13.7. The smallest absolute Gasteiger partial charge is 0.147 e. The van der Waals surface area contributed by atoms with Crippen LogP contribution in [0.3, 0.4) is 0 Å². The Balaban J connectivity index is 0.000000284. The molecule has 9 rings (SSSR count). The molecule has 9 aromatic rings. The number of nitrogens with zero attached hydrogens (tertiary/aromatic N) is 19. The molecule has 19 heteroatoms. The van der Waals surface area contributed by atoms with Crippen LogP contribution in [0.4, 0.5) is 0 Å². The monoisotopic (exact) mass is 974 g/mol. The molecule has 0 N–H and O–H groups in total. The van der Waals surface area contributed by atoms with Crippen molar-refractivity contribution in [2.75, 3.05) is 0 Å². The van der Waals surface area contributed by atoms with E-state index < -0.39 is 0 Å². The number of aromatic nitrogens is 19. The summed E-state index contributed by atoms with van der Waals surface area (Å²) >= 11 is 0. The molecule has 0 saturated carbocycles. The molecule has 72 heavy (non-hydrogen) atoms. The van der Waals surface area contributed by atoms with Crippen LogP contribution < -0.4 is 0 Å². The van der Waals surface area contributed by atoms with Crippen LogP contribution in [0.1, 0.15) is 115 Å². The molecule has 0 atom stereocenters. The van der Waals surface area contributed by atoms with Gasteiger partial charge in [0.05, 0.1) is 46.6 Å². The summed E-state index contributed by atoms with van der Waals surface area (Å²) in [6.45, 7) is 38.3. The van der Waals surface area contributed by atoms with E-state index in [-0.39, 0.29) is 0 Å². The van der Waals surface area contributed by atoms with Crippen molar-refractivity contribution in [2.24, 2.45) is 0 Å². The average molecular weight is 974 g/mol. The normalized spacial score (nSPS) is 9.67. The number of aryl methyl sites for hydroxylation is 20. The van der Waals surface area contributed by atoms with Crippen LogP contribution in [0.5, 0.6) is 0 Å². The Kier molecular flexibility index (Phi) is 26.0. The Labute approximate surface area is 425 Å². The topological polar surface area (TPSA) is 245 Å². The third-order valence-electron chi connectivity index (χ3n) is 8.63. The first-order chi connectivity index (χ1) is 33.9. The fourth-order valence-corrected chi connectivity index (χ4v) is 6.01. The standard InChI is InChI=1S/C9H10N4.2C7H10N2.C7H9N.C6H9N3.2C6H8N2.C5H7N3/c1-5-9-8(12-7(3)11-5)4-10-6(2)13-9;2*1-5-4-6(2)9-7(3)8-5;1-6-4-3-5-7(2)8-6;1-4-7-5(2)9-6(3)8-4;1-5-3-7-4-6(2)8-5;1-5-3-4-6(2)8-7-5;1-4-3-6-5(2)8-7-4/h4H,1-3H3;2*4H,1-3H3;3-5H,1-2H3;1-3H3;2*3-4H,1-2H3;3H,1-2H3. The highest BCUT2D eigenvalue weighted by Crippen LogP contribution is 2.11. The van der Waals surface area contributed by atoms with Gasteiger partial charge in [-0.05, 0) is 175 Å². The molecule has 0 aromatic carbocycles. The molecule has 0 aliphatic heterocycles. The van der Waals surface area contributed by atoms with Crippen molar-refractivity contribution < 1.29 is 0 Å². The van der Waals surface area contributed by atoms with Gasteiger partial charge in [-0.1, -0.05) is 6.07 Å². The van der Waals surface area contributed by atoms with Gasteiger partial charge in [0.1, 0.15) is 57.6 Å². The van der Waals surface area contributed by atoms with E-state index in [4.69, 9.17) is 0 Å². The molecule has 19 nitrogen and oxygen atoms in total. The van der Waals surface area contributed by atoms with E-state index in [1.807, 2.05) is 181 Å². The van der Waals surface area contributed by atoms with Gasteiger partial charge in [-0.3, -0.25) is 15.0 Å². The summed E-state index contributed by atoms with van der Waals surface area (Å²) < 4.78 is 0. The molecular formula is C53H71N19. The van der Waals surface area contributed by atoms with Crippen LogP contribution in [-0.4, -0.2) is 95.2 Å². The first-order valence-electron chi connectivity index (χ1n) is 23.1. The maximum absolute atomic E-state index is 4.28. The fraction of sp³-hybridized carbons (Fsp3) is 0.377. The fourth-order valence-electron chi connectivity index (χ4n) is 6.01. The van der Waals surface area contributed by atoms with Gasteiger partial charge in [-0.25, -0.2) is 59.8 Å². The third-order valence-corrected chi connectivity index (χ3v) is 8.63. The van der Waals surface area contributed by atoms with Gasteiger partial charge in [0.15, 0.2) is 0 Å². The van der Waals surface area contributed by atoms with Crippen molar-refractivity contribution in [3.05, 3.63) is 182 Å². The van der Waals surface area contributed by atoms with Crippen molar-refractivity contribution in [1.82, 2.24) is 95.2 Å². The Morgan fingerprint density at radius 3 is 0.972 bits per heavy atom. The van der Waals surface area contributed by atoms with Gasteiger partial charge in [0.2, 0.25) is 0 Å². The Morgan fingerprint density at radius 2 is 0.639 bits per heavy atom. The first-order valence-corrected chi connectivity index (χ1v) is 23.1. The summed E-state index contributed by atoms with van der Waals surface area (Å²) in [5, 5.41) is 15.1. The van der Waals surface area contributed by atoms with Gasteiger partial charge in [-0.2, -0.15) is 15.3 Å². The molecule has 0 spiro atoms. The zero-order valence-electron chi connectivity index (χ0n) is 45.8. The summed E-state index contributed by atoms with van der Waals surface area (Å²) in [5.74, 6) is 6.32. The molecule has 0 bridgehead atoms. The van der Waals surface area contributed by atoms with Crippen molar-refractivity contribution in [3.63, 3.8) is 0 Å². The van der Waals surface area contributed by atoms with Crippen molar-refractivity contribution in [2.45, 2.75) is 138 Å². The van der Waals surface area contributed by atoms with Crippen molar-refractivity contribution >= 4 is 11.0 Å². The number of hydrogen-bond donors (Lipinski definition) is 0. The van der Waals surface area contributed by atoms with Gasteiger partial charge in [0, 0.05) is 46.6 Å². The van der Waals surface area contributed by atoms with Gasteiger partial charge < -0.3 is 0 Å². The van der Waals surface area contributed by atoms with E-state index >= 15 is 0 Å². The van der Waals surface area contributed by atoms with Gasteiger partial charge in [-0.15, -0.1) is 5.10 Å². The highest BCUT2D eigenvalue weighted by Gasteiger charge is 2.03. The molecule has 0 aliphatic carbocycles. The van der Waals surface area contributed by atoms with E-state index in [1.165, 1.54) is 0 Å². The van der Waals surface area contributed by atoms with Crippen LogP contribution in [0.2, 0.25) is 0 Å². The van der Waals surface area contributed by atoms with E-state index in [0.29, 0.717) is 0 Å². The summed E-state index contributed by atoms with van der Waals surface area (Å²) in [7, 11) is 0.